The van der Waals surface area contributed by atoms with Gasteiger partial charge in [0.25, 0.3) is 0 Å². The first-order chi connectivity index (χ1) is 26.2. The second-order valence-corrected chi connectivity index (χ2v) is 15.3. The van der Waals surface area contributed by atoms with E-state index in [0.29, 0.717) is 0 Å². The fourth-order valence-electron chi connectivity index (χ4n) is 8.75. The van der Waals surface area contributed by atoms with Gasteiger partial charge in [0, 0.05) is 48.2 Å². The number of aromatic nitrogens is 2. The standard InChI is InChI=1S/C50H30N2S/c1-2-8-30(9-3-1)31-16-20-36(21-17-31)52-46-13-7-6-12-40(46)43-28-44-42-25-24-41-39-23-19-34(27-45(39)51-49(41)50(42)53-48(44)29-47(43)52)33-18-22-38-35(26-33)15-14-32-10-4-5-11-37(32)38/h1-29,51H. The van der Waals surface area contributed by atoms with E-state index >= 15 is 0 Å². The molecule has 0 amide bonds. The van der Waals surface area contributed by atoms with Gasteiger partial charge >= 0.3 is 0 Å². The van der Waals surface area contributed by atoms with Crippen molar-refractivity contribution < 1.29 is 0 Å². The number of hydrogen-bond donors (Lipinski definition) is 1. The molecule has 0 fully saturated rings. The molecule has 0 saturated carbocycles. The Morgan fingerprint density at radius 3 is 1.92 bits per heavy atom. The smallest absolute Gasteiger partial charge is 0.0646 e. The molecule has 0 aliphatic rings. The van der Waals surface area contributed by atoms with Crippen LogP contribution >= 0.6 is 11.3 Å². The Bertz CT molecular complexity index is 3430. The molecule has 0 spiro atoms. The number of thiophene rings is 1. The highest BCUT2D eigenvalue weighted by Crippen LogP contribution is 2.44. The SMILES string of the molecule is c1ccc(-c2ccc(-n3c4ccccc4c4cc5c(cc43)sc3c5ccc4c5ccc(-c6ccc7c(ccc8ccccc87)c6)cc5[nH]c43)cc2)cc1. The van der Waals surface area contributed by atoms with E-state index in [2.05, 4.69) is 185 Å². The summed E-state index contributed by atoms with van der Waals surface area (Å²) < 4.78 is 5.04. The Balaban J connectivity index is 1.01. The Kier molecular flexibility index (Phi) is 5.96. The van der Waals surface area contributed by atoms with Gasteiger partial charge in [-0.15, -0.1) is 11.3 Å². The van der Waals surface area contributed by atoms with Crippen LogP contribution in [-0.2, 0) is 0 Å². The van der Waals surface area contributed by atoms with E-state index in [1.54, 1.807) is 0 Å². The van der Waals surface area contributed by atoms with Crippen LogP contribution in [0.5, 0.6) is 0 Å². The molecule has 0 aliphatic heterocycles. The number of nitrogens with zero attached hydrogens (tertiary/aromatic N) is 1. The minimum Gasteiger partial charge on any atom is -0.353 e. The molecular weight excluding hydrogens is 661 g/mol. The third-order valence-electron chi connectivity index (χ3n) is 11.3. The van der Waals surface area contributed by atoms with Crippen LogP contribution in [0.25, 0.3) is 113 Å². The van der Waals surface area contributed by atoms with Crippen molar-refractivity contribution in [3.05, 3.63) is 176 Å². The molecule has 53 heavy (non-hydrogen) atoms. The average molecular weight is 691 g/mol. The highest BCUT2D eigenvalue weighted by atomic mass is 32.1. The number of nitrogens with one attached hydrogen (secondary N) is 1. The number of fused-ring (bicyclic) bond motifs is 13. The predicted molar refractivity (Wildman–Crippen MR) is 229 cm³/mol. The minimum atomic E-state index is 1.17. The summed E-state index contributed by atoms with van der Waals surface area (Å²) in [6.07, 6.45) is 0. The quantitative estimate of drug-likeness (QED) is 0.178. The fraction of sp³-hybridized carbons (Fsp3) is 0. The van der Waals surface area contributed by atoms with Gasteiger partial charge in [0.1, 0.15) is 0 Å². The van der Waals surface area contributed by atoms with Gasteiger partial charge < -0.3 is 9.55 Å². The van der Waals surface area contributed by atoms with Crippen LogP contribution in [0, 0.1) is 0 Å². The van der Waals surface area contributed by atoms with Crippen LogP contribution < -0.4 is 0 Å². The lowest BCUT2D eigenvalue weighted by atomic mass is 9.97. The molecule has 246 valence electrons. The van der Waals surface area contributed by atoms with Gasteiger partial charge in [-0.3, -0.25) is 0 Å². The summed E-state index contributed by atoms with van der Waals surface area (Å²) in [6.45, 7) is 0. The van der Waals surface area contributed by atoms with Crippen molar-refractivity contribution in [1.82, 2.24) is 9.55 Å². The second-order valence-electron chi connectivity index (χ2n) is 14.2. The molecule has 0 aliphatic carbocycles. The summed E-state index contributed by atoms with van der Waals surface area (Å²) in [5.74, 6) is 0. The molecular formula is C50H30N2S. The maximum atomic E-state index is 3.88. The van der Waals surface area contributed by atoms with E-state index in [1.165, 1.54) is 113 Å². The molecule has 1 N–H and O–H groups in total. The van der Waals surface area contributed by atoms with Gasteiger partial charge in [-0.2, -0.15) is 0 Å². The number of benzene rings is 9. The van der Waals surface area contributed by atoms with E-state index in [1.807, 2.05) is 11.3 Å². The van der Waals surface area contributed by atoms with Crippen molar-refractivity contribution in [1.29, 1.82) is 0 Å². The summed E-state index contributed by atoms with van der Waals surface area (Å²) >= 11 is 1.89. The first kappa shape index (κ1) is 29.0. The topological polar surface area (TPSA) is 20.7 Å². The average Bonchev–Trinajstić information content (AvgIpc) is 3.89. The van der Waals surface area contributed by atoms with Crippen LogP contribution in [0.3, 0.4) is 0 Å². The summed E-state index contributed by atoms with van der Waals surface area (Å²) in [7, 11) is 0. The number of aromatic amines is 1. The monoisotopic (exact) mass is 690 g/mol. The van der Waals surface area contributed by atoms with Gasteiger partial charge in [0.15, 0.2) is 0 Å². The second kappa shape index (κ2) is 10.9. The highest BCUT2D eigenvalue weighted by Gasteiger charge is 2.18. The first-order valence-corrected chi connectivity index (χ1v) is 19.0. The maximum Gasteiger partial charge on any atom is 0.0646 e. The molecule has 0 unspecified atom stereocenters. The number of hydrogen-bond acceptors (Lipinski definition) is 1. The van der Waals surface area contributed by atoms with Crippen molar-refractivity contribution in [2.24, 2.45) is 0 Å². The molecule has 0 atom stereocenters. The molecule has 9 aromatic carbocycles. The minimum absolute atomic E-state index is 1.17. The number of rotatable bonds is 3. The summed E-state index contributed by atoms with van der Waals surface area (Å²) in [5.41, 5.74) is 10.9. The molecule has 3 heteroatoms. The Morgan fingerprint density at radius 1 is 0.377 bits per heavy atom. The number of para-hydroxylation sites is 1. The van der Waals surface area contributed by atoms with Gasteiger partial charge in [0.2, 0.25) is 0 Å². The van der Waals surface area contributed by atoms with E-state index < -0.39 is 0 Å². The van der Waals surface area contributed by atoms with Crippen molar-refractivity contribution in [2.75, 3.05) is 0 Å². The Labute approximate surface area is 308 Å². The molecule has 0 radical (unpaired) electrons. The van der Waals surface area contributed by atoms with Crippen LogP contribution in [0.15, 0.2) is 176 Å². The summed E-state index contributed by atoms with van der Waals surface area (Å²) in [5, 5.41) is 12.8. The lowest BCUT2D eigenvalue weighted by Gasteiger charge is -2.09. The van der Waals surface area contributed by atoms with Crippen molar-refractivity contribution in [2.45, 2.75) is 0 Å². The third kappa shape index (κ3) is 4.26. The Hall–Kier alpha value is -6.68. The van der Waals surface area contributed by atoms with E-state index in [-0.39, 0.29) is 0 Å². The summed E-state index contributed by atoms with van der Waals surface area (Å²) in [6, 6.07) is 64.8. The maximum absolute atomic E-state index is 3.88. The molecule has 12 aromatic rings. The van der Waals surface area contributed by atoms with E-state index in [0.717, 1.165) is 0 Å². The van der Waals surface area contributed by atoms with Crippen molar-refractivity contribution >= 4 is 96.7 Å². The van der Waals surface area contributed by atoms with E-state index in [4.69, 9.17) is 0 Å². The summed E-state index contributed by atoms with van der Waals surface area (Å²) in [4.78, 5) is 3.88. The van der Waals surface area contributed by atoms with Crippen molar-refractivity contribution in [3.63, 3.8) is 0 Å². The van der Waals surface area contributed by atoms with Crippen LogP contribution in [0.1, 0.15) is 0 Å². The highest BCUT2D eigenvalue weighted by molar-refractivity contribution is 7.26. The predicted octanol–water partition coefficient (Wildman–Crippen LogP) is 14.4. The normalized spacial score (nSPS) is 12.2. The molecule has 12 rings (SSSR count). The largest absolute Gasteiger partial charge is 0.353 e. The van der Waals surface area contributed by atoms with Crippen molar-refractivity contribution in [3.8, 4) is 27.9 Å². The lowest BCUT2D eigenvalue weighted by Crippen LogP contribution is -1.93. The molecule has 0 saturated heterocycles. The zero-order valence-corrected chi connectivity index (χ0v) is 29.4. The Morgan fingerprint density at radius 2 is 1.04 bits per heavy atom. The van der Waals surface area contributed by atoms with Gasteiger partial charge in [-0.05, 0) is 86.3 Å². The zero-order chi connectivity index (χ0) is 34.6. The van der Waals surface area contributed by atoms with E-state index in [9.17, 15) is 0 Å². The van der Waals surface area contributed by atoms with Crippen LogP contribution in [0.2, 0.25) is 0 Å². The van der Waals surface area contributed by atoms with Gasteiger partial charge in [-0.1, -0.05) is 133 Å². The molecule has 2 nitrogen and oxygen atoms in total. The van der Waals surface area contributed by atoms with Crippen LogP contribution in [-0.4, -0.2) is 9.55 Å². The molecule has 3 heterocycles. The zero-order valence-electron chi connectivity index (χ0n) is 28.6. The first-order valence-electron chi connectivity index (χ1n) is 18.2. The van der Waals surface area contributed by atoms with Gasteiger partial charge in [-0.25, -0.2) is 0 Å². The molecule has 0 bridgehead atoms. The van der Waals surface area contributed by atoms with Crippen LogP contribution in [0.4, 0.5) is 0 Å². The fourth-order valence-corrected chi connectivity index (χ4v) is 9.97. The molecule has 3 aromatic heterocycles. The lowest BCUT2D eigenvalue weighted by molar-refractivity contribution is 1.18. The van der Waals surface area contributed by atoms with Gasteiger partial charge in [0.05, 0.1) is 21.3 Å². The number of H-pyrrole nitrogens is 1. The third-order valence-corrected chi connectivity index (χ3v) is 12.5.